The van der Waals surface area contributed by atoms with Crippen LogP contribution in [0.3, 0.4) is 0 Å². The van der Waals surface area contributed by atoms with Crippen molar-refractivity contribution < 1.29 is 14.2 Å². The highest BCUT2D eigenvalue weighted by Crippen LogP contribution is 2.30. The Balaban J connectivity index is 1.31. The predicted octanol–water partition coefficient (Wildman–Crippen LogP) is 10.1. The molecule has 0 spiro atoms. The van der Waals surface area contributed by atoms with Crippen LogP contribution in [0.1, 0.15) is 109 Å². The van der Waals surface area contributed by atoms with Crippen LogP contribution in [0.5, 0.6) is 5.75 Å². The summed E-state index contributed by atoms with van der Waals surface area (Å²) in [4.78, 5) is 0. The van der Waals surface area contributed by atoms with Crippen molar-refractivity contribution in [3.63, 3.8) is 0 Å². The number of hydrogen-bond donors (Lipinski definition) is 0. The Kier molecular flexibility index (Phi) is 14.5. The van der Waals surface area contributed by atoms with Gasteiger partial charge in [0.15, 0.2) is 6.29 Å². The molecule has 3 heteroatoms. The molecule has 1 aliphatic rings. The van der Waals surface area contributed by atoms with Crippen LogP contribution < -0.4 is 4.74 Å². The second-order valence-corrected chi connectivity index (χ2v) is 10.6. The van der Waals surface area contributed by atoms with Crippen molar-refractivity contribution in [2.45, 2.75) is 103 Å². The first-order valence-corrected chi connectivity index (χ1v) is 15.0. The number of allylic oxidation sites excluding steroid dienone is 1. The Morgan fingerprint density at radius 1 is 0.730 bits per heavy atom. The molecule has 0 saturated carbocycles. The summed E-state index contributed by atoms with van der Waals surface area (Å²) in [6.07, 6.45) is 19.8. The largest absolute Gasteiger partial charge is 0.494 e. The molecular weight excluding hydrogens is 456 g/mol. The summed E-state index contributed by atoms with van der Waals surface area (Å²) in [5.41, 5.74) is 3.50. The molecule has 0 unspecified atom stereocenters. The first-order chi connectivity index (χ1) is 18.3. The smallest absolute Gasteiger partial charge is 0.183 e. The molecule has 2 aromatic carbocycles. The van der Waals surface area contributed by atoms with E-state index in [0.29, 0.717) is 5.92 Å². The monoisotopic (exact) mass is 506 g/mol. The fourth-order valence-corrected chi connectivity index (χ4v) is 4.98. The van der Waals surface area contributed by atoms with Crippen molar-refractivity contribution in [1.29, 1.82) is 0 Å². The van der Waals surface area contributed by atoms with Crippen molar-refractivity contribution >= 4 is 0 Å². The van der Waals surface area contributed by atoms with E-state index in [1.54, 1.807) is 0 Å². The molecule has 3 rings (SSSR count). The van der Waals surface area contributed by atoms with Gasteiger partial charge in [-0.1, -0.05) is 114 Å². The van der Waals surface area contributed by atoms with Crippen LogP contribution >= 0.6 is 0 Å². The van der Waals surface area contributed by atoms with E-state index in [0.717, 1.165) is 44.0 Å². The maximum absolute atomic E-state index is 6.09. The second kappa shape index (κ2) is 18.2. The van der Waals surface area contributed by atoms with E-state index in [4.69, 9.17) is 14.2 Å². The average Bonchev–Trinajstić information content (AvgIpc) is 2.95. The quantitative estimate of drug-likeness (QED) is 0.140. The normalized spacial score (nSPS) is 17.5. The molecule has 0 aromatic heterocycles. The molecule has 3 nitrogen and oxygen atoms in total. The maximum atomic E-state index is 6.09. The minimum Gasteiger partial charge on any atom is -0.494 e. The van der Waals surface area contributed by atoms with Gasteiger partial charge < -0.3 is 14.2 Å². The lowest BCUT2D eigenvalue weighted by molar-refractivity contribution is -0.206. The molecule has 0 amide bonds. The maximum Gasteiger partial charge on any atom is 0.183 e. The molecule has 1 saturated heterocycles. The van der Waals surface area contributed by atoms with Crippen LogP contribution in [0, 0.1) is 5.92 Å². The molecule has 1 aliphatic heterocycles. The first kappa shape index (κ1) is 29.5. The Morgan fingerprint density at radius 3 is 1.95 bits per heavy atom. The zero-order valence-electron chi connectivity index (χ0n) is 23.3. The van der Waals surface area contributed by atoms with E-state index in [1.165, 1.54) is 88.2 Å². The zero-order valence-corrected chi connectivity index (χ0v) is 23.3. The average molecular weight is 507 g/mol. The molecule has 0 atom stereocenters. The van der Waals surface area contributed by atoms with Crippen LogP contribution in [0.2, 0.25) is 0 Å². The van der Waals surface area contributed by atoms with E-state index in [9.17, 15) is 0 Å². The highest BCUT2D eigenvalue weighted by atomic mass is 16.7. The Bertz CT molecular complexity index is 834. The fraction of sp³-hybridized carbons (Fsp3) is 0.588. The molecule has 1 fully saturated rings. The van der Waals surface area contributed by atoms with Gasteiger partial charge in [-0.05, 0) is 48.9 Å². The van der Waals surface area contributed by atoms with E-state index in [2.05, 4.69) is 62.0 Å². The Morgan fingerprint density at radius 2 is 1.30 bits per heavy atom. The van der Waals surface area contributed by atoms with E-state index in [1.807, 2.05) is 6.08 Å². The minimum absolute atomic E-state index is 0.243. The SMILES string of the molecule is C=CCCCCCCCC[C@H]1CO[C@H](c2ccc(-c3ccc(OCCCCCCCC)cc3)cc2)OC1. The van der Waals surface area contributed by atoms with Crippen LogP contribution in [0.15, 0.2) is 61.2 Å². The predicted molar refractivity (Wildman–Crippen MR) is 156 cm³/mol. The minimum atomic E-state index is -0.243. The van der Waals surface area contributed by atoms with Crippen LogP contribution in [0.4, 0.5) is 0 Å². The number of ether oxygens (including phenoxy) is 3. The van der Waals surface area contributed by atoms with Gasteiger partial charge in [-0.2, -0.15) is 0 Å². The lowest BCUT2D eigenvalue weighted by atomic mass is 10.00. The highest BCUT2D eigenvalue weighted by molar-refractivity contribution is 5.64. The number of benzene rings is 2. The van der Waals surface area contributed by atoms with Gasteiger partial charge in [0, 0.05) is 11.5 Å². The number of rotatable bonds is 19. The first-order valence-electron chi connectivity index (χ1n) is 15.0. The molecular formula is C34H50O3. The van der Waals surface area contributed by atoms with Crippen molar-refractivity contribution in [2.75, 3.05) is 19.8 Å². The van der Waals surface area contributed by atoms with Gasteiger partial charge in [-0.15, -0.1) is 6.58 Å². The standard InChI is InChI=1S/C34H50O3/c1-3-5-7-9-11-12-13-15-17-29-27-36-34(37-28-29)32-20-18-30(19-21-32)31-22-24-33(25-23-31)35-26-16-14-10-8-6-4-2/h3,18-25,29,34H,1,4-17,26-28H2,2H3/t29-,34-. The van der Waals surface area contributed by atoms with E-state index >= 15 is 0 Å². The van der Waals surface area contributed by atoms with Crippen molar-refractivity contribution in [1.82, 2.24) is 0 Å². The van der Waals surface area contributed by atoms with E-state index < -0.39 is 0 Å². The van der Waals surface area contributed by atoms with Crippen molar-refractivity contribution in [3.8, 4) is 16.9 Å². The summed E-state index contributed by atoms with van der Waals surface area (Å²) in [6, 6.07) is 17.0. The zero-order chi connectivity index (χ0) is 26.0. The van der Waals surface area contributed by atoms with Gasteiger partial charge in [0.05, 0.1) is 19.8 Å². The van der Waals surface area contributed by atoms with Crippen LogP contribution in [-0.4, -0.2) is 19.8 Å². The summed E-state index contributed by atoms with van der Waals surface area (Å²) >= 11 is 0. The Labute approximate surface area is 226 Å². The van der Waals surface area contributed by atoms with Crippen LogP contribution in [-0.2, 0) is 9.47 Å². The fourth-order valence-electron chi connectivity index (χ4n) is 4.98. The molecule has 0 radical (unpaired) electrons. The van der Waals surface area contributed by atoms with Gasteiger partial charge in [0.2, 0.25) is 0 Å². The molecule has 37 heavy (non-hydrogen) atoms. The molecule has 2 aromatic rings. The van der Waals surface area contributed by atoms with E-state index in [-0.39, 0.29) is 6.29 Å². The third-order valence-electron chi connectivity index (χ3n) is 7.37. The van der Waals surface area contributed by atoms with Gasteiger partial charge >= 0.3 is 0 Å². The summed E-state index contributed by atoms with van der Waals surface area (Å²) in [7, 11) is 0. The topological polar surface area (TPSA) is 27.7 Å². The summed E-state index contributed by atoms with van der Waals surface area (Å²) in [6.45, 7) is 8.45. The van der Waals surface area contributed by atoms with Gasteiger partial charge in [-0.3, -0.25) is 0 Å². The van der Waals surface area contributed by atoms with Gasteiger partial charge in [-0.25, -0.2) is 0 Å². The summed E-state index contributed by atoms with van der Waals surface area (Å²) in [5, 5.41) is 0. The lowest BCUT2D eigenvalue weighted by Crippen LogP contribution is -2.27. The summed E-state index contributed by atoms with van der Waals surface area (Å²) < 4.78 is 18.1. The summed E-state index contributed by atoms with van der Waals surface area (Å²) in [5.74, 6) is 1.48. The third-order valence-corrected chi connectivity index (χ3v) is 7.37. The molecule has 1 heterocycles. The molecule has 0 bridgehead atoms. The Hall–Kier alpha value is -2.10. The van der Waals surface area contributed by atoms with Crippen molar-refractivity contribution in [2.24, 2.45) is 5.92 Å². The number of unbranched alkanes of at least 4 members (excludes halogenated alkanes) is 11. The van der Waals surface area contributed by atoms with Gasteiger partial charge in [0.1, 0.15) is 5.75 Å². The van der Waals surface area contributed by atoms with Crippen LogP contribution in [0.25, 0.3) is 11.1 Å². The highest BCUT2D eigenvalue weighted by Gasteiger charge is 2.23. The number of hydrogen-bond acceptors (Lipinski definition) is 3. The van der Waals surface area contributed by atoms with Gasteiger partial charge in [0.25, 0.3) is 0 Å². The molecule has 0 N–H and O–H groups in total. The lowest BCUT2D eigenvalue weighted by Gasteiger charge is -2.29. The molecule has 204 valence electrons. The van der Waals surface area contributed by atoms with Crippen molar-refractivity contribution in [3.05, 3.63) is 66.7 Å². The third kappa shape index (κ3) is 11.4. The second-order valence-electron chi connectivity index (χ2n) is 10.6. The molecule has 0 aliphatic carbocycles.